The number of ether oxygens (including phenoxy) is 2. The second kappa shape index (κ2) is 13.1. The van der Waals surface area contributed by atoms with Crippen LogP contribution in [0.4, 0.5) is 16.2 Å². The van der Waals surface area contributed by atoms with Crippen LogP contribution in [0.5, 0.6) is 11.6 Å². The van der Waals surface area contributed by atoms with Gasteiger partial charge in [-0.1, -0.05) is 26.0 Å². The molecule has 1 unspecified atom stereocenters. The van der Waals surface area contributed by atoms with Crippen LogP contribution >= 0.6 is 0 Å². The first-order valence-electron chi connectivity index (χ1n) is 14.5. The van der Waals surface area contributed by atoms with E-state index in [9.17, 15) is 13.2 Å². The molecular weight excluding hydrogens is 601 g/mol. The summed E-state index contributed by atoms with van der Waals surface area (Å²) in [5.74, 6) is -1.02. The molecule has 0 aliphatic heterocycles. The van der Waals surface area contributed by atoms with E-state index in [1.165, 1.54) is 51.7 Å². The summed E-state index contributed by atoms with van der Waals surface area (Å²) in [6.45, 7) is 5.28. The van der Waals surface area contributed by atoms with Crippen molar-refractivity contribution in [1.29, 1.82) is 0 Å². The molecule has 1 amide bonds. The van der Waals surface area contributed by atoms with Gasteiger partial charge in [0.05, 0.1) is 49.3 Å². The number of nitrogens with zero attached hydrogens (tertiary/aromatic N) is 6. The quantitative estimate of drug-likeness (QED) is 0.219. The minimum absolute atomic E-state index is 0.0758. The van der Waals surface area contributed by atoms with Crippen LogP contribution in [0.25, 0.3) is 11.3 Å². The van der Waals surface area contributed by atoms with E-state index in [4.69, 9.17) is 9.47 Å². The molecule has 0 spiro atoms. The molecule has 4 aromatic rings. The zero-order valence-corrected chi connectivity index (χ0v) is 26.2. The number of aromatic nitrogens is 5. The molecule has 5 rings (SSSR count). The van der Waals surface area contributed by atoms with Crippen LogP contribution in [-0.2, 0) is 27.0 Å². The predicted molar refractivity (Wildman–Crippen MR) is 166 cm³/mol. The minimum Gasteiger partial charge on any atom is -0.497 e. The van der Waals surface area contributed by atoms with Gasteiger partial charge in [-0.15, -0.1) is 0 Å². The first kappa shape index (κ1) is 31.7. The molecule has 1 aliphatic rings. The zero-order chi connectivity index (χ0) is 32.2. The number of benzene rings is 1. The second-order valence-electron chi connectivity index (χ2n) is 10.8. The maximum atomic E-state index is 16.9. The fraction of sp³-hybridized carbons (Fsp3) is 0.355. The number of hydrogen-bond acceptors (Lipinski definition) is 10. The molecule has 1 atom stereocenters. The van der Waals surface area contributed by atoms with Crippen LogP contribution in [0.15, 0.2) is 67.3 Å². The minimum atomic E-state index is -3.85. The van der Waals surface area contributed by atoms with Crippen LogP contribution in [-0.4, -0.2) is 58.2 Å². The van der Waals surface area contributed by atoms with Gasteiger partial charge in [-0.2, -0.15) is 0 Å². The van der Waals surface area contributed by atoms with E-state index in [2.05, 4.69) is 30.2 Å². The number of halogens is 1. The van der Waals surface area contributed by atoms with Gasteiger partial charge in [-0.05, 0) is 55.7 Å². The summed E-state index contributed by atoms with van der Waals surface area (Å²) in [6.07, 6.45) is 6.82. The summed E-state index contributed by atoms with van der Waals surface area (Å²) in [5.41, 5.74) is -1.13. The summed E-state index contributed by atoms with van der Waals surface area (Å²) in [4.78, 5) is 34.8. The van der Waals surface area contributed by atoms with Crippen LogP contribution < -0.4 is 19.1 Å². The summed E-state index contributed by atoms with van der Waals surface area (Å²) in [6, 6.07) is 11.4. The standard InChI is InChI=1S/C31H34FN7O5S/c1-5-44-28-18-33-17-25(36-28)22-8-13-27(35-16-22)38-29(40)31(32,20(2)3)26-14-15-34-30(37-26)39(45(41,42)24-11-12-24)19-21-6-9-23(43-4)10-7-21/h6-10,13-18,20,24H,5,11-12,19H2,1-4H3,(H,35,38,40). The zero-order valence-electron chi connectivity index (χ0n) is 25.3. The Labute approximate surface area is 261 Å². The van der Waals surface area contributed by atoms with Crippen molar-refractivity contribution in [2.45, 2.75) is 51.1 Å². The van der Waals surface area contributed by atoms with Crippen molar-refractivity contribution in [3.63, 3.8) is 0 Å². The molecule has 0 saturated heterocycles. The highest BCUT2D eigenvalue weighted by atomic mass is 32.2. The average molecular weight is 636 g/mol. The van der Waals surface area contributed by atoms with Gasteiger partial charge in [0.2, 0.25) is 27.5 Å². The van der Waals surface area contributed by atoms with Gasteiger partial charge < -0.3 is 14.8 Å². The molecule has 1 aliphatic carbocycles. The van der Waals surface area contributed by atoms with Crippen molar-refractivity contribution < 1.29 is 27.1 Å². The smallest absolute Gasteiger partial charge is 0.269 e. The lowest BCUT2D eigenvalue weighted by Gasteiger charge is -2.29. The van der Waals surface area contributed by atoms with Crippen molar-refractivity contribution in [2.24, 2.45) is 5.92 Å². The molecule has 1 N–H and O–H groups in total. The Kier molecular flexibility index (Phi) is 9.23. The number of nitrogens with one attached hydrogen (secondary N) is 1. The van der Waals surface area contributed by atoms with Gasteiger partial charge in [0.15, 0.2) is 0 Å². The molecule has 14 heteroatoms. The fourth-order valence-electron chi connectivity index (χ4n) is 4.59. The van der Waals surface area contributed by atoms with Crippen LogP contribution in [0.3, 0.4) is 0 Å². The number of methoxy groups -OCH3 is 1. The summed E-state index contributed by atoms with van der Waals surface area (Å²) in [5, 5.41) is 1.96. The van der Waals surface area contributed by atoms with E-state index in [1.54, 1.807) is 36.5 Å². The highest BCUT2D eigenvalue weighted by molar-refractivity contribution is 7.93. The van der Waals surface area contributed by atoms with Gasteiger partial charge in [-0.3, -0.25) is 9.78 Å². The number of carbonyl (C=O) groups excluding carboxylic acids is 1. The maximum Gasteiger partial charge on any atom is 0.269 e. The Balaban J connectivity index is 1.41. The summed E-state index contributed by atoms with van der Waals surface area (Å²) < 4.78 is 55.5. The number of pyridine rings is 1. The van der Waals surface area contributed by atoms with Crippen molar-refractivity contribution in [3.8, 4) is 22.9 Å². The molecule has 12 nitrogen and oxygen atoms in total. The van der Waals surface area contributed by atoms with Gasteiger partial charge >= 0.3 is 0 Å². The second-order valence-corrected chi connectivity index (χ2v) is 12.9. The molecule has 45 heavy (non-hydrogen) atoms. The number of anilines is 2. The Morgan fingerprint density at radius 3 is 2.44 bits per heavy atom. The number of carbonyl (C=O) groups is 1. The van der Waals surface area contributed by atoms with E-state index in [0.29, 0.717) is 47.9 Å². The lowest BCUT2D eigenvalue weighted by Crippen LogP contribution is -2.42. The Morgan fingerprint density at radius 2 is 1.82 bits per heavy atom. The van der Waals surface area contributed by atoms with E-state index in [-0.39, 0.29) is 24.0 Å². The highest BCUT2D eigenvalue weighted by Gasteiger charge is 2.47. The number of sulfonamides is 1. The largest absolute Gasteiger partial charge is 0.497 e. The van der Waals surface area contributed by atoms with Crippen LogP contribution in [0.1, 0.15) is 44.9 Å². The molecule has 3 aromatic heterocycles. The van der Waals surface area contributed by atoms with Gasteiger partial charge in [0.1, 0.15) is 11.6 Å². The molecule has 3 heterocycles. The molecule has 1 fully saturated rings. The lowest BCUT2D eigenvalue weighted by atomic mass is 9.87. The van der Waals surface area contributed by atoms with E-state index in [0.717, 1.165) is 4.31 Å². The topological polar surface area (TPSA) is 149 Å². The monoisotopic (exact) mass is 635 g/mol. The average Bonchev–Trinajstić information content (AvgIpc) is 3.91. The van der Waals surface area contributed by atoms with Crippen LogP contribution in [0, 0.1) is 5.92 Å². The summed E-state index contributed by atoms with van der Waals surface area (Å²) >= 11 is 0. The van der Waals surface area contributed by atoms with Gasteiger partial charge in [0, 0.05) is 23.9 Å². The lowest BCUT2D eigenvalue weighted by molar-refractivity contribution is -0.131. The molecule has 1 aromatic carbocycles. The van der Waals surface area contributed by atoms with Crippen molar-refractivity contribution >= 4 is 27.7 Å². The van der Waals surface area contributed by atoms with Crippen molar-refractivity contribution in [1.82, 2.24) is 24.9 Å². The first-order valence-corrected chi connectivity index (χ1v) is 16.0. The molecule has 0 radical (unpaired) electrons. The van der Waals surface area contributed by atoms with Crippen LogP contribution in [0.2, 0.25) is 0 Å². The van der Waals surface area contributed by atoms with Gasteiger partial charge in [-0.25, -0.2) is 37.0 Å². The molecule has 0 bridgehead atoms. The Hall–Kier alpha value is -4.72. The maximum absolute atomic E-state index is 16.9. The highest BCUT2D eigenvalue weighted by Crippen LogP contribution is 2.37. The SMILES string of the molecule is CCOc1cncc(-c2ccc(NC(=O)C(F)(c3ccnc(N(Cc4ccc(OC)cc4)S(=O)(=O)C4CC4)n3)C(C)C)nc2)n1. The van der Waals surface area contributed by atoms with Gasteiger partial charge in [0.25, 0.3) is 5.91 Å². The normalized spacial score (nSPS) is 14.4. The number of alkyl halides is 1. The third-order valence-electron chi connectivity index (χ3n) is 7.31. The molecule has 236 valence electrons. The molecular formula is C31H34FN7O5S. The van der Waals surface area contributed by atoms with E-state index in [1.807, 2.05) is 6.92 Å². The number of hydrogen-bond donors (Lipinski definition) is 1. The third kappa shape index (κ3) is 6.85. The van der Waals surface area contributed by atoms with Crippen molar-refractivity contribution in [2.75, 3.05) is 23.3 Å². The van der Waals surface area contributed by atoms with E-state index >= 15 is 4.39 Å². The van der Waals surface area contributed by atoms with Crippen molar-refractivity contribution in [3.05, 3.63) is 78.5 Å². The Morgan fingerprint density at radius 1 is 1.07 bits per heavy atom. The third-order valence-corrected chi connectivity index (χ3v) is 9.53. The Bertz CT molecular complexity index is 1750. The van der Waals surface area contributed by atoms with E-state index < -0.39 is 32.8 Å². The first-order chi connectivity index (χ1) is 21.6. The number of rotatable bonds is 13. The summed E-state index contributed by atoms with van der Waals surface area (Å²) in [7, 11) is -2.31. The predicted octanol–water partition coefficient (Wildman–Crippen LogP) is 4.69. The fourth-order valence-corrected chi connectivity index (χ4v) is 6.33. The number of amides is 1. The molecule has 1 saturated carbocycles.